The summed E-state index contributed by atoms with van der Waals surface area (Å²) in [6, 6.07) is 8.97. The second-order valence-electron chi connectivity index (χ2n) is 6.03. The number of carboxylic acid groups (broad SMARTS) is 1. The first-order chi connectivity index (χ1) is 11.5. The highest BCUT2D eigenvalue weighted by molar-refractivity contribution is 5.96. The van der Waals surface area contributed by atoms with Crippen LogP contribution in [-0.2, 0) is 0 Å². The molecule has 124 valence electrons. The maximum absolute atomic E-state index is 13.1. The van der Waals surface area contributed by atoms with E-state index in [1.54, 1.807) is 17.0 Å². The van der Waals surface area contributed by atoms with E-state index in [1.165, 1.54) is 30.5 Å². The number of pyridine rings is 1. The summed E-state index contributed by atoms with van der Waals surface area (Å²) in [5, 5.41) is 9.04. The van der Waals surface area contributed by atoms with E-state index in [0.29, 0.717) is 6.54 Å². The van der Waals surface area contributed by atoms with E-state index in [0.717, 1.165) is 12.0 Å². The van der Waals surface area contributed by atoms with Crippen LogP contribution in [-0.4, -0.2) is 39.5 Å². The lowest BCUT2D eigenvalue weighted by Gasteiger charge is -2.21. The molecule has 5 nitrogen and oxygen atoms in total. The first-order valence-electron chi connectivity index (χ1n) is 7.71. The fourth-order valence-corrected chi connectivity index (χ4v) is 3.12. The summed E-state index contributed by atoms with van der Waals surface area (Å²) in [5.41, 5.74) is 1.16. The molecule has 2 unspecified atom stereocenters. The van der Waals surface area contributed by atoms with Crippen molar-refractivity contribution in [3.8, 4) is 0 Å². The summed E-state index contributed by atoms with van der Waals surface area (Å²) >= 11 is 0. The van der Waals surface area contributed by atoms with Gasteiger partial charge in [-0.25, -0.2) is 9.18 Å². The van der Waals surface area contributed by atoms with Gasteiger partial charge < -0.3 is 10.0 Å². The monoisotopic (exact) mass is 328 g/mol. The summed E-state index contributed by atoms with van der Waals surface area (Å²) in [6.45, 7) is 2.45. The Morgan fingerprint density at radius 1 is 1.25 bits per heavy atom. The molecule has 1 N–H and O–H groups in total. The Labute approximate surface area is 138 Å². The third-order valence-corrected chi connectivity index (χ3v) is 4.40. The van der Waals surface area contributed by atoms with E-state index in [1.807, 2.05) is 6.92 Å². The average Bonchev–Trinajstić information content (AvgIpc) is 2.96. The van der Waals surface area contributed by atoms with Crippen molar-refractivity contribution in [2.75, 3.05) is 6.54 Å². The first-order valence-corrected chi connectivity index (χ1v) is 7.71. The lowest BCUT2D eigenvalue weighted by atomic mass is 9.97. The van der Waals surface area contributed by atoms with E-state index >= 15 is 0 Å². The van der Waals surface area contributed by atoms with Gasteiger partial charge in [0.15, 0.2) is 0 Å². The molecule has 1 aromatic carbocycles. The summed E-state index contributed by atoms with van der Waals surface area (Å²) in [7, 11) is 0. The van der Waals surface area contributed by atoms with E-state index in [4.69, 9.17) is 5.11 Å². The highest BCUT2D eigenvalue weighted by Gasteiger charge is 2.34. The SMILES string of the molecule is CC1CC(c2ccc(F)cc2)CN1C(=O)c1cc(C(=O)O)ccn1. The molecular weight excluding hydrogens is 311 g/mol. The molecule has 1 aromatic heterocycles. The summed E-state index contributed by atoms with van der Waals surface area (Å²) in [6.07, 6.45) is 2.10. The fourth-order valence-electron chi connectivity index (χ4n) is 3.12. The predicted molar refractivity (Wildman–Crippen MR) is 85.5 cm³/mol. The molecular formula is C18H17FN2O3. The molecule has 2 aromatic rings. The molecule has 1 aliphatic heterocycles. The Kier molecular flexibility index (Phi) is 4.29. The number of carboxylic acids is 1. The molecule has 1 amide bonds. The Bertz CT molecular complexity index is 776. The number of halogens is 1. The molecule has 2 heterocycles. The average molecular weight is 328 g/mol. The summed E-state index contributed by atoms with van der Waals surface area (Å²) in [4.78, 5) is 29.4. The number of amides is 1. The van der Waals surface area contributed by atoms with Crippen molar-refractivity contribution in [3.05, 3.63) is 65.2 Å². The number of benzene rings is 1. The van der Waals surface area contributed by atoms with Gasteiger partial charge in [0.05, 0.1) is 5.56 Å². The van der Waals surface area contributed by atoms with Crippen LogP contribution < -0.4 is 0 Å². The minimum atomic E-state index is -1.09. The van der Waals surface area contributed by atoms with Gasteiger partial charge in [-0.1, -0.05) is 12.1 Å². The second kappa shape index (κ2) is 6.39. The molecule has 6 heteroatoms. The zero-order valence-corrected chi connectivity index (χ0v) is 13.1. The minimum Gasteiger partial charge on any atom is -0.478 e. The van der Waals surface area contributed by atoms with Gasteiger partial charge in [0, 0.05) is 24.7 Å². The van der Waals surface area contributed by atoms with Crippen LogP contribution in [0.25, 0.3) is 0 Å². The lowest BCUT2D eigenvalue weighted by Crippen LogP contribution is -2.34. The largest absolute Gasteiger partial charge is 0.478 e. The van der Waals surface area contributed by atoms with Crippen molar-refractivity contribution in [1.29, 1.82) is 0 Å². The summed E-state index contributed by atoms with van der Waals surface area (Å²) < 4.78 is 13.1. The molecule has 1 aliphatic rings. The van der Waals surface area contributed by atoms with Gasteiger partial charge >= 0.3 is 5.97 Å². The standard InChI is InChI=1S/C18H17FN2O3/c1-11-8-14(12-2-4-15(19)5-3-12)10-21(11)17(22)16-9-13(18(23)24)6-7-20-16/h2-7,9,11,14H,8,10H2,1H3,(H,23,24). The van der Waals surface area contributed by atoms with E-state index in [9.17, 15) is 14.0 Å². The van der Waals surface area contributed by atoms with Crippen molar-refractivity contribution in [2.45, 2.75) is 25.3 Å². The zero-order valence-electron chi connectivity index (χ0n) is 13.1. The topological polar surface area (TPSA) is 70.5 Å². The molecule has 0 spiro atoms. The molecule has 1 saturated heterocycles. The highest BCUT2D eigenvalue weighted by Crippen LogP contribution is 2.32. The van der Waals surface area contributed by atoms with E-state index in [2.05, 4.69) is 4.98 Å². The van der Waals surface area contributed by atoms with Crippen molar-refractivity contribution in [3.63, 3.8) is 0 Å². The van der Waals surface area contributed by atoms with Gasteiger partial charge in [0.25, 0.3) is 5.91 Å². The molecule has 1 fully saturated rings. The van der Waals surface area contributed by atoms with Crippen molar-refractivity contribution in [1.82, 2.24) is 9.88 Å². The molecule has 24 heavy (non-hydrogen) atoms. The smallest absolute Gasteiger partial charge is 0.335 e. The molecule has 0 aliphatic carbocycles. The number of nitrogens with zero attached hydrogens (tertiary/aromatic N) is 2. The molecule has 0 bridgehead atoms. The lowest BCUT2D eigenvalue weighted by molar-refractivity contribution is 0.0696. The van der Waals surface area contributed by atoms with Crippen LogP contribution in [0.5, 0.6) is 0 Å². The Balaban J connectivity index is 1.79. The van der Waals surface area contributed by atoms with Crippen LogP contribution >= 0.6 is 0 Å². The van der Waals surface area contributed by atoms with E-state index in [-0.39, 0.29) is 34.9 Å². The zero-order chi connectivity index (χ0) is 17.3. The predicted octanol–water partition coefficient (Wildman–Crippen LogP) is 2.94. The first kappa shape index (κ1) is 16.1. The van der Waals surface area contributed by atoms with Crippen molar-refractivity contribution >= 4 is 11.9 Å². The number of likely N-dealkylation sites (tertiary alicyclic amines) is 1. The van der Waals surface area contributed by atoms with Gasteiger partial charge in [0.2, 0.25) is 0 Å². The number of carbonyl (C=O) groups is 2. The van der Waals surface area contributed by atoms with E-state index < -0.39 is 5.97 Å². The van der Waals surface area contributed by atoms with Crippen molar-refractivity contribution < 1.29 is 19.1 Å². The maximum atomic E-state index is 13.1. The number of aromatic carboxylic acids is 1. The summed E-state index contributed by atoms with van der Waals surface area (Å²) in [5.74, 6) is -1.53. The van der Waals surface area contributed by atoms with Gasteiger partial charge in [-0.2, -0.15) is 0 Å². The number of carbonyl (C=O) groups excluding carboxylic acids is 1. The number of hydrogen-bond donors (Lipinski definition) is 1. The maximum Gasteiger partial charge on any atom is 0.335 e. The molecule has 0 radical (unpaired) electrons. The van der Waals surface area contributed by atoms with Gasteiger partial charge in [-0.3, -0.25) is 9.78 Å². The second-order valence-corrected chi connectivity index (χ2v) is 6.03. The van der Waals surface area contributed by atoms with Gasteiger partial charge in [0.1, 0.15) is 11.5 Å². The Morgan fingerprint density at radius 3 is 2.62 bits per heavy atom. The third kappa shape index (κ3) is 3.13. The molecule has 0 saturated carbocycles. The molecule has 3 rings (SSSR count). The van der Waals surface area contributed by atoms with Gasteiger partial charge in [-0.05, 0) is 43.2 Å². The van der Waals surface area contributed by atoms with Crippen LogP contribution in [0.3, 0.4) is 0 Å². The number of hydrogen-bond acceptors (Lipinski definition) is 3. The van der Waals surface area contributed by atoms with Crippen LogP contribution in [0.4, 0.5) is 4.39 Å². The number of aromatic nitrogens is 1. The highest BCUT2D eigenvalue weighted by atomic mass is 19.1. The van der Waals surface area contributed by atoms with Crippen LogP contribution in [0.15, 0.2) is 42.6 Å². The van der Waals surface area contributed by atoms with Gasteiger partial charge in [-0.15, -0.1) is 0 Å². The third-order valence-electron chi connectivity index (χ3n) is 4.40. The van der Waals surface area contributed by atoms with Crippen LogP contribution in [0, 0.1) is 5.82 Å². The Morgan fingerprint density at radius 2 is 1.96 bits per heavy atom. The van der Waals surface area contributed by atoms with Crippen LogP contribution in [0.2, 0.25) is 0 Å². The number of rotatable bonds is 3. The normalized spacial score (nSPS) is 20.2. The quantitative estimate of drug-likeness (QED) is 0.940. The van der Waals surface area contributed by atoms with Crippen LogP contribution in [0.1, 0.15) is 45.7 Å². The fraction of sp³-hybridized carbons (Fsp3) is 0.278. The molecule has 2 atom stereocenters. The Hall–Kier alpha value is -2.76. The minimum absolute atomic E-state index is 0.00263. The van der Waals surface area contributed by atoms with Crippen molar-refractivity contribution in [2.24, 2.45) is 0 Å².